The molecule has 9 heteroatoms. The summed E-state index contributed by atoms with van der Waals surface area (Å²) in [5.41, 5.74) is 2.25. The molecule has 5 rings (SSSR count). The summed E-state index contributed by atoms with van der Waals surface area (Å²) in [5, 5.41) is 15.3. The predicted molar refractivity (Wildman–Crippen MR) is 135 cm³/mol. The second kappa shape index (κ2) is 9.69. The van der Waals surface area contributed by atoms with Gasteiger partial charge in [-0.1, -0.05) is 36.2 Å². The third-order valence-corrected chi connectivity index (χ3v) is 7.82. The molecule has 3 aromatic rings. The minimum Gasteiger partial charge on any atom is -0.355 e. The number of rotatable bonds is 6. The molecular formula is C25H29Cl2N7. The highest BCUT2D eigenvalue weighted by molar-refractivity contribution is 6.35. The summed E-state index contributed by atoms with van der Waals surface area (Å²) < 4.78 is 1.75. The summed E-state index contributed by atoms with van der Waals surface area (Å²) >= 11 is 12.5. The van der Waals surface area contributed by atoms with Gasteiger partial charge in [-0.3, -0.25) is 0 Å². The quantitative estimate of drug-likeness (QED) is 0.467. The van der Waals surface area contributed by atoms with Crippen LogP contribution in [-0.4, -0.2) is 57.4 Å². The maximum Gasteiger partial charge on any atom is 0.190 e. The fraction of sp³-hybridized carbons (Fsp3) is 0.520. The molecular weight excluding hydrogens is 469 g/mol. The molecule has 0 bridgehead atoms. The van der Waals surface area contributed by atoms with Crippen molar-refractivity contribution in [3.8, 4) is 6.07 Å². The van der Waals surface area contributed by atoms with Gasteiger partial charge in [-0.15, -0.1) is 0 Å². The molecule has 2 unspecified atom stereocenters. The van der Waals surface area contributed by atoms with Crippen molar-refractivity contribution in [1.82, 2.24) is 24.6 Å². The van der Waals surface area contributed by atoms with Crippen molar-refractivity contribution in [2.75, 3.05) is 37.6 Å². The van der Waals surface area contributed by atoms with Gasteiger partial charge >= 0.3 is 0 Å². The number of piperidine rings is 1. The molecule has 0 N–H and O–H groups in total. The van der Waals surface area contributed by atoms with Gasteiger partial charge in [0.1, 0.15) is 17.4 Å². The summed E-state index contributed by atoms with van der Waals surface area (Å²) in [6.45, 7) is 9.91. The fourth-order valence-electron chi connectivity index (χ4n) is 5.36. The van der Waals surface area contributed by atoms with Crippen molar-refractivity contribution in [2.45, 2.75) is 39.2 Å². The standard InChI is InChI=1S/C25H29Cl2N7/c1-3-8-32-9-4-5-17(13-32)18-14-33(15-18)23-12-29-24-22(11-28)31-34(25(24)30-23)16(2)20-7-6-19(26)10-21(20)27/h6-7,10,12,16-18H,3-5,8-9,13-15H2,1-2H3. The Morgan fingerprint density at radius 2 is 2.03 bits per heavy atom. The average molecular weight is 498 g/mol. The first kappa shape index (κ1) is 23.3. The number of hydrogen-bond acceptors (Lipinski definition) is 6. The molecule has 34 heavy (non-hydrogen) atoms. The number of anilines is 1. The van der Waals surface area contributed by atoms with Crippen LogP contribution in [0.2, 0.25) is 10.0 Å². The van der Waals surface area contributed by atoms with E-state index < -0.39 is 0 Å². The number of nitriles is 1. The zero-order valence-electron chi connectivity index (χ0n) is 19.6. The van der Waals surface area contributed by atoms with Gasteiger partial charge in [0.25, 0.3) is 0 Å². The Morgan fingerprint density at radius 3 is 2.76 bits per heavy atom. The molecule has 1 aromatic carbocycles. The van der Waals surface area contributed by atoms with Gasteiger partial charge in [-0.05, 0) is 68.8 Å². The van der Waals surface area contributed by atoms with Crippen molar-refractivity contribution >= 4 is 40.2 Å². The summed E-state index contributed by atoms with van der Waals surface area (Å²) in [5.74, 6) is 2.30. The van der Waals surface area contributed by atoms with E-state index in [9.17, 15) is 5.26 Å². The highest BCUT2D eigenvalue weighted by Gasteiger charge is 2.36. The van der Waals surface area contributed by atoms with Crippen LogP contribution in [0, 0.1) is 23.2 Å². The van der Waals surface area contributed by atoms with E-state index >= 15 is 0 Å². The van der Waals surface area contributed by atoms with Crippen LogP contribution in [0.4, 0.5) is 5.82 Å². The largest absolute Gasteiger partial charge is 0.355 e. The van der Waals surface area contributed by atoms with Crippen LogP contribution in [0.15, 0.2) is 24.4 Å². The van der Waals surface area contributed by atoms with Crippen LogP contribution >= 0.6 is 23.2 Å². The van der Waals surface area contributed by atoms with Gasteiger partial charge in [0, 0.05) is 29.7 Å². The average Bonchev–Trinajstić information content (AvgIpc) is 3.16. The molecule has 2 saturated heterocycles. The van der Waals surface area contributed by atoms with Crippen molar-refractivity contribution in [2.24, 2.45) is 11.8 Å². The third-order valence-electron chi connectivity index (χ3n) is 7.26. The van der Waals surface area contributed by atoms with Crippen molar-refractivity contribution < 1.29 is 0 Å². The number of likely N-dealkylation sites (tertiary alicyclic amines) is 1. The van der Waals surface area contributed by atoms with Crippen LogP contribution < -0.4 is 4.90 Å². The number of halogens is 2. The van der Waals surface area contributed by atoms with Gasteiger partial charge in [-0.25, -0.2) is 14.6 Å². The molecule has 0 radical (unpaired) electrons. The van der Waals surface area contributed by atoms with E-state index in [2.05, 4.69) is 32.9 Å². The summed E-state index contributed by atoms with van der Waals surface area (Å²) in [7, 11) is 0. The molecule has 2 aliphatic heterocycles. The lowest BCUT2D eigenvalue weighted by Gasteiger charge is -2.47. The zero-order chi connectivity index (χ0) is 23.8. The predicted octanol–water partition coefficient (Wildman–Crippen LogP) is 5.17. The molecule has 0 amide bonds. The second-order valence-electron chi connectivity index (χ2n) is 9.52. The van der Waals surface area contributed by atoms with Gasteiger partial charge in [0.2, 0.25) is 0 Å². The molecule has 7 nitrogen and oxygen atoms in total. The molecule has 2 aromatic heterocycles. The Bertz CT molecular complexity index is 1230. The third kappa shape index (κ3) is 4.35. The Kier molecular flexibility index (Phi) is 6.65. The van der Waals surface area contributed by atoms with Gasteiger partial charge in [0.05, 0.1) is 12.2 Å². The maximum atomic E-state index is 9.62. The van der Waals surface area contributed by atoms with Gasteiger partial charge < -0.3 is 9.80 Å². The molecule has 2 atom stereocenters. The first-order valence-corrected chi connectivity index (χ1v) is 12.8. The van der Waals surface area contributed by atoms with Crippen molar-refractivity contribution in [3.05, 3.63) is 45.7 Å². The SMILES string of the molecule is CCCN1CCCC(C2CN(c3cnc4c(C#N)nn(C(C)c5ccc(Cl)cc5Cl)c4n3)C2)C1. The lowest BCUT2D eigenvalue weighted by Crippen LogP contribution is -2.53. The van der Waals surface area contributed by atoms with Gasteiger partial charge in [0.15, 0.2) is 11.3 Å². The highest BCUT2D eigenvalue weighted by atomic mass is 35.5. The Morgan fingerprint density at radius 1 is 1.21 bits per heavy atom. The molecule has 178 valence electrons. The van der Waals surface area contributed by atoms with E-state index in [0.717, 1.165) is 30.4 Å². The van der Waals surface area contributed by atoms with Crippen LogP contribution in [0.25, 0.3) is 11.2 Å². The Balaban J connectivity index is 1.38. The summed E-state index contributed by atoms with van der Waals surface area (Å²) in [6.07, 6.45) is 5.61. The van der Waals surface area contributed by atoms with Crippen LogP contribution in [0.1, 0.15) is 50.4 Å². The number of benzene rings is 1. The monoisotopic (exact) mass is 497 g/mol. The topological polar surface area (TPSA) is 73.9 Å². The fourth-order valence-corrected chi connectivity index (χ4v) is 5.93. The van der Waals surface area contributed by atoms with E-state index in [1.807, 2.05) is 13.0 Å². The van der Waals surface area contributed by atoms with E-state index in [-0.39, 0.29) is 11.7 Å². The van der Waals surface area contributed by atoms with Crippen LogP contribution in [0.3, 0.4) is 0 Å². The van der Waals surface area contributed by atoms with E-state index in [4.69, 9.17) is 28.2 Å². The Labute approximate surface area is 210 Å². The van der Waals surface area contributed by atoms with Gasteiger partial charge in [-0.2, -0.15) is 10.4 Å². The molecule has 2 aliphatic rings. The van der Waals surface area contributed by atoms with Crippen LogP contribution in [-0.2, 0) is 0 Å². The zero-order valence-corrected chi connectivity index (χ0v) is 21.1. The first-order chi connectivity index (χ1) is 16.5. The lowest BCUT2D eigenvalue weighted by molar-refractivity contribution is 0.120. The van der Waals surface area contributed by atoms with Crippen molar-refractivity contribution in [1.29, 1.82) is 5.26 Å². The summed E-state index contributed by atoms with van der Waals surface area (Å²) in [6, 6.07) is 7.34. The minimum absolute atomic E-state index is 0.227. The normalized spacial score (nSPS) is 20.3. The molecule has 0 aliphatic carbocycles. The highest BCUT2D eigenvalue weighted by Crippen LogP contribution is 2.35. The van der Waals surface area contributed by atoms with E-state index in [1.165, 1.54) is 38.9 Å². The lowest BCUT2D eigenvalue weighted by atomic mass is 9.80. The second-order valence-corrected chi connectivity index (χ2v) is 10.4. The Hall–Kier alpha value is -2.40. The number of hydrogen-bond donors (Lipinski definition) is 0. The van der Waals surface area contributed by atoms with E-state index in [1.54, 1.807) is 23.0 Å². The minimum atomic E-state index is -0.227. The maximum absolute atomic E-state index is 9.62. The molecule has 4 heterocycles. The van der Waals surface area contributed by atoms with Crippen molar-refractivity contribution in [3.63, 3.8) is 0 Å². The number of nitrogens with zero attached hydrogens (tertiary/aromatic N) is 7. The van der Waals surface area contributed by atoms with E-state index in [0.29, 0.717) is 27.1 Å². The summed E-state index contributed by atoms with van der Waals surface area (Å²) in [4.78, 5) is 14.4. The molecule has 2 fully saturated rings. The number of aromatic nitrogens is 4. The molecule has 0 spiro atoms. The smallest absolute Gasteiger partial charge is 0.190 e. The number of fused-ring (bicyclic) bond motifs is 1. The molecule has 0 saturated carbocycles. The first-order valence-electron chi connectivity index (χ1n) is 12.1. The van der Waals surface area contributed by atoms with Crippen LogP contribution in [0.5, 0.6) is 0 Å².